The van der Waals surface area contributed by atoms with E-state index in [1.807, 2.05) is 12.1 Å². The highest BCUT2D eigenvalue weighted by atomic mass is 19.1. The van der Waals surface area contributed by atoms with Crippen LogP contribution < -0.4 is 18.9 Å². The van der Waals surface area contributed by atoms with Gasteiger partial charge in [0.25, 0.3) is 0 Å². The van der Waals surface area contributed by atoms with E-state index in [9.17, 15) is 18.4 Å². The molecule has 42 heavy (non-hydrogen) atoms. The molecule has 0 atom stereocenters. The zero-order valence-corrected chi connectivity index (χ0v) is 22.4. The van der Waals surface area contributed by atoms with Crippen molar-refractivity contribution in [3.63, 3.8) is 0 Å². The summed E-state index contributed by atoms with van der Waals surface area (Å²) in [6, 6.07) is 21.6. The Labute approximate surface area is 241 Å². The van der Waals surface area contributed by atoms with Crippen LogP contribution in [0.3, 0.4) is 0 Å². The number of carbonyl (C=O) groups excluding carboxylic acids is 2. The Kier molecular flexibility index (Phi) is 9.03. The molecule has 0 aliphatic carbocycles. The van der Waals surface area contributed by atoms with Crippen LogP contribution in [0, 0.1) is 11.6 Å². The number of hydrogen-bond acceptors (Lipinski definition) is 6. The second-order valence-corrected chi connectivity index (χ2v) is 9.15. The van der Waals surface area contributed by atoms with Gasteiger partial charge in [-0.15, -0.1) is 0 Å². The van der Waals surface area contributed by atoms with E-state index in [0.717, 1.165) is 12.1 Å². The van der Waals surface area contributed by atoms with Crippen molar-refractivity contribution in [2.24, 2.45) is 0 Å². The molecule has 0 saturated heterocycles. The van der Waals surface area contributed by atoms with Gasteiger partial charge in [0.2, 0.25) is 0 Å². The van der Waals surface area contributed by atoms with Crippen LogP contribution >= 0.6 is 0 Å². The monoisotopic (exact) mass is 568 g/mol. The molecular weight excluding hydrogens is 542 g/mol. The molecule has 0 aromatic heterocycles. The SMILES string of the molecule is O=C1/C=C/c2ccccc2OCCOc2ccccc2/C=C/C(=O)c2cc(F)ccc2OCCOc2ccc(F)cc21. The number of halogens is 2. The van der Waals surface area contributed by atoms with Crippen LogP contribution in [0.5, 0.6) is 23.0 Å². The summed E-state index contributed by atoms with van der Waals surface area (Å²) < 4.78 is 51.5. The maximum atomic E-state index is 14.1. The molecule has 4 aromatic rings. The summed E-state index contributed by atoms with van der Waals surface area (Å²) >= 11 is 0. The third-order valence-corrected chi connectivity index (χ3v) is 6.28. The molecule has 0 N–H and O–H groups in total. The van der Waals surface area contributed by atoms with Crippen molar-refractivity contribution < 1.29 is 37.3 Å². The van der Waals surface area contributed by atoms with Crippen molar-refractivity contribution in [1.29, 1.82) is 0 Å². The summed E-state index contributed by atoms with van der Waals surface area (Å²) in [4.78, 5) is 26.1. The number of fused-ring (bicyclic) bond motifs is 4. The fourth-order valence-corrected chi connectivity index (χ4v) is 4.26. The van der Waals surface area contributed by atoms with Gasteiger partial charge in [-0.1, -0.05) is 36.4 Å². The number of carbonyl (C=O) groups is 2. The van der Waals surface area contributed by atoms with E-state index in [0.29, 0.717) is 22.6 Å². The summed E-state index contributed by atoms with van der Waals surface area (Å²) in [6.45, 7) is 0.332. The lowest BCUT2D eigenvalue weighted by atomic mass is 10.1. The van der Waals surface area contributed by atoms with Crippen LogP contribution in [0.1, 0.15) is 31.8 Å². The average Bonchev–Trinajstić information content (AvgIpc) is 3.00. The smallest absolute Gasteiger partial charge is 0.189 e. The fraction of sp³-hybridized carbons (Fsp3) is 0.118. The van der Waals surface area contributed by atoms with Gasteiger partial charge in [-0.05, 0) is 72.8 Å². The Hall–Kier alpha value is -5.24. The quantitative estimate of drug-likeness (QED) is 0.228. The highest BCUT2D eigenvalue weighted by molar-refractivity contribution is 6.09. The van der Waals surface area contributed by atoms with Crippen LogP contribution in [0.2, 0.25) is 0 Å². The van der Waals surface area contributed by atoms with Gasteiger partial charge in [-0.25, -0.2) is 8.78 Å². The first-order valence-corrected chi connectivity index (χ1v) is 13.2. The highest BCUT2D eigenvalue weighted by Crippen LogP contribution is 2.26. The van der Waals surface area contributed by atoms with E-state index in [2.05, 4.69) is 0 Å². The van der Waals surface area contributed by atoms with E-state index in [4.69, 9.17) is 18.9 Å². The van der Waals surface area contributed by atoms with Gasteiger partial charge < -0.3 is 18.9 Å². The molecule has 1 heterocycles. The van der Waals surface area contributed by atoms with Crippen LogP contribution in [-0.2, 0) is 0 Å². The van der Waals surface area contributed by atoms with E-state index in [-0.39, 0.29) is 49.1 Å². The lowest BCUT2D eigenvalue weighted by Crippen LogP contribution is -2.13. The first-order chi connectivity index (χ1) is 20.5. The molecule has 0 bridgehead atoms. The Bertz CT molecular complexity index is 1540. The predicted octanol–water partition coefficient (Wildman–Crippen LogP) is 6.99. The zero-order valence-electron chi connectivity index (χ0n) is 22.4. The van der Waals surface area contributed by atoms with Crippen LogP contribution in [-0.4, -0.2) is 38.0 Å². The van der Waals surface area contributed by atoms with Crippen molar-refractivity contribution >= 4 is 23.7 Å². The maximum Gasteiger partial charge on any atom is 0.189 e. The number of para-hydroxylation sites is 2. The predicted molar refractivity (Wildman–Crippen MR) is 154 cm³/mol. The van der Waals surface area contributed by atoms with Crippen molar-refractivity contribution in [2.75, 3.05) is 26.4 Å². The first kappa shape index (κ1) is 28.3. The van der Waals surface area contributed by atoms with E-state index < -0.39 is 23.2 Å². The molecule has 0 saturated carbocycles. The molecule has 4 aromatic carbocycles. The zero-order chi connectivity index (χ0) is 29.3. The van der Waals surface area contributed by atoms with Crippen LogP contribution in [0.15, 0.2) is 97.1 Å². The Morgan fingerprint density at radius 2 is 0.833 bits per heavy atom. The normalized spacial score (nSPS) is 15.8. The Morgan fingerprint density at radius 1 is 0.452 bits per heavy atom. The molecule has 6 nitrogen and oxygen atoms in total. The molecule has 0 radical (unpaired) electrons. The molecule has 0 amide bonds. The minimum Gasteiger partial charge on any atom is -0.489 e. The van der Waals surface area contributed by atoms with Gasteiger partial charge in [0.05, 0.1) is 11.1 Å². The second-order valence-electron chi connectivity index (χ2n) is 9.15. The topological polar surface area (TPSA) is 71.1 Å². The lowest BCUT2D eigenvalue weighted by Gasteiger charge is -2.13. The standard InChI is InChI=1S/C34H26F2O6/c35-25-11-15-33-27(21-25)29(37)13-9-23-5-1-3-7-31(23)39-17-18-40-32-8-4-2-6-24(32)10-14-30(38)28-22-26(36)12-16-34(28)42-20-19-41-33/h1-16,21-22H,17-20H2/b13-9+,14-10+. The van der Waals surface area contributed by atoms with E-state index in [1.54, 1.807) is 48.6 Å². The largest absolute Gasteiger partial charge is 0.489 e. The van der Waals surface area contributed by atoms with Crippen LogP contribution in [0.4, 0.5) is 8.78 Å². The van der Waals surface area contributed by atoms with Gasteiger partial charge in [-0.2, -0.15) is 0 Å². The highest BCUT2D eigenvalue weighted by Gasteiger charge is 2.15. The molecule has 0 spiro atoms. The molecule has 0 unspecified atom stereocenters. The minimum atomic E-state index is -0.593. The number of benzene rings is 4. The average molecular weight is 569 g/mol. The summed E-state index contributed by atoms with van der Waals surface area (Å²) in [6.07, 6.45) is 5.83. The Morgan fingerprint density at radius 3 is 1.26 bits per heavy atom. The fourth-order valence-electron chi connectivity index (χ4n) is 4.26. The summed E-state index contributed by atoms with van der Waals surface area (Å²) in [5.74, 6) is -0.740. The molecule has 212 valence electrons. The van der Waals surface area contributed by atoms with E-state index in [1.165, 1.54) is 36.4 Å². The maximum absolute atomic E-state index is 14.1. The first-order valence-electron chi connectivity index (χ1n) is 13.2. The number of ketones is 2. The summed E-state index contributed by atoms with van der Waals surface area (Å²) in [5.41, 5.74) is 1.36. The third-order valence-electron chi connectivity index (χ3n) is 6.28. The van der Waals surface area contributed by atoms with Crippen LogP contribution in [0.25, 0.3) is 12.2 Å². The van der Waals surface area contributed by atoms with Gasteiger partial charge >= 0.3 is 0 Å². The van der Waals surface area contributed by atoms with Crippen molar-refractivity contribution in [2.45, 2.75) is 0 Å². The molecular formula is C34H26F2O6. The number of ether oxygens (including phenoxy) is 4. The molecule has 1 aliphatic rings. The number of hydrogen-bond donors (Lipinski definition) is 0. The number of allylic oxidation sites excluding steroid dienone is 2. The Balaban J connectivity index is 1.46. The van der Waals surface area contributed by atoms with Gasteiger partial charge in [0.15, 0.2) is 11.6 Å². The molecule has 1 aliphatic heterocycles. The van der Waals surface area contributed by atoms with Gasteiger partial charge in [-0.3, -0.25) is 9.59 Å². The number of rotatable bonds is 0. The summed E-state index contributed by atoms with van der Waals surface area (Å²) in [7, 11) is 0. The molecule has 5 rings (SSSR count). The third kappa shape index (κ3) is 7.09. The lowest BCUT2D eigenvalue weighted by molar-refractivity contribution is 0.103. The van der Waals surface area contributed by atoms with Crippen molar-refractivity contribution in [3.8, 4) is 23.0 Å². The molecule has 8 heteroatoms. The second kappa shape index (κ2) is 13.4. The van der Waals surface area contributed by atoms with Gasteiger partial charge in [0.1, 0.15) is 61.1 Å². The minimum absolute atomic E-state index is 0.0293. The van der Waals surface area contributed by atoms with E-state index >= 15 is 0 Å². The molecule has 0 fully saturated rings. The van der Waals surface area contributed by atoms with Crippen molar-refractivity contribution in [1.82, 2.24) is 0 Å². The summed E-state index contributed by atoms with van der Waals surface area (Å²) in [5, 5.41) is 0. The van der Waals surface area contributed by atoms with Gasteiger partial charge in [0, 0.05) is 11.1 Å². The van der Waals surface area contributed by atoms with Crippen molar-refractivity contribution in [3.05, 3.63) is 131 Å².